The fourth-order valence-electron chi connectivity index (χ4n) is 1.32. The number of hydrogen-bond donors (Lipinski definition) is 2. The van der Waals surface area contributed by atoms with Crippen molar-refractivity contribution in [2.75, 3.05) is 0 Å². The van der Waals surface area contributed by atoms with E-state index in [2.05, 4.69) is 10.3 Å². The summed E-state index contributed by atoms with van der Waals surface area (Å²) in [6.45, 7) is 2.20. The van der Waals surface area contributed by atoms with Gasteiger partial charge in [0.15, 0.2) is 5.76 Å². The van der Waals surface area contributed by atoms with Gasteiger partial charge in [-0.2, -0.15) is 0 Å². The van der Waals surface area contributed by atoms with E-state index >= 15 is 0 Å². The number of nitrogens with one attached hydrogen (secondary N) is 1. The van der Waals surface area contributed by atoms with Crippen LogP contribution in [0, 0.1) is 6.92 Å². The number of carboxylic acid groups (broad SMARTS) is 1. The Hall–Kier alpha value is -2.15. The minimum atomic E-state index is -1.20. The topological polar surface area (TPSA) is 92.4 Å². The molecule has 0 aliphatic heterocycles. The summed E-state index contributed by atoms with van der Waals surface area (Å²) in [5.41, 5.74) is 2.57. The minimum absolute atomic E-state index is 0.0189. The maximum absolute atomic E-state index is 11.7. The summed E-state index contributed by atoms with van der Waals surface area (Å²) in [5.74, 6) is -1.92. The van der Waals surface area contributed by atoms with Gasteiger partial charge in [0.1, 0.15) is 0 Å². The number of aryl methyl sites for hydroxylation is 1. The second-order valence-corrected chi connectivity index (χ2v) is 4.45. The van der Waals surface area contributed by atoms with Gasteiger partial charge >= 0.3 is 5.97 Å². The van der Waals surface area contributed by atoms with Crippen LogP contribution < -0.4 is 5.32 Å². The monoisotopic (exact) mass is 266 g/mol. The van der Waals surface area contributed by atoms with Gasteiger partial charge in [0.05, 0.1) is 17.7 Å². The number of amides is 1. The van der Waals surface area contributed by atoms with E-state index in [-0.39, 0.29) is 11.5 Å². The molecule has 0 bridgehead atoms. The summed E-state index contributed by atoms with van der Waals surface area (Å²) in [6.07, 6.45) is 0. The number of aromatic carboxylic acids is 1. The molecule has 0 spiro atoms. The first-order valence-electron chi connectivity index (χ1n) is 5.08. The standard InChI is InChI=1S/C11H10N2O4S/c1-6-9(18-5-13-6)4-12-10(14)7-2-3-8(17-7)11(15)16/h2-3,5H,4H2,1H3,(H,12,14)(H,15,16). The van der Waals surface area contributed by atoms with Gasteiger partial charge in [-0.3, -0.25) is 4.79 Å². The molecule has 0 fully saturated rings. The van der Waals surface area contributed by atoms with Gasteiger partial charge in [-0.15, -0.1) is 11.3 Å². The van der Waals surface area contributed by atoms with E-state index in [4.69, 9.17) is 9.52 Å². The van der Waals surface area contributed by atoms with E-state index < -0.39 is 11.9 Å². The number of thiazole rings is 1. The lowest BCUT2D eigenvalue weighted by Crippen LogP contribution is -2.22. The molecule has 2 heterocycles. The van der Waals surface area contributed by atoms with Crippen LogP contribution in [-0.4, -0.2) is 22.0 Å². The van der Waals surface area contributed by atoms with Crippen molar-refractivity contribution in [2.24, 2.45) is 0 Å². The van der Waals surface area contributed by atoms with Crippen molar-refractivity contribution in [3.05, 3.63) is 39.7 Å². The summed E-state index contributed by atoms with van der Waals surface area (Å²) in [5, 5.41) is 11.3. The molecule has 0 radical (unpaired) electrons. The van der Waals surface area contributed by atoms with Crippen molar-refractivity contribution in [3.8, 4) is 0 Å². The van der Waals surface area contributed by atoms with E-state index in [1.165, 1.54) is 23.5 Å². The van der Waals surface area contributed by atoms with Crippen LogP contribution >= 0.6 is 11.3 Å². The van der Waals surface area contributed by atoms with E-state index in [1.807, 2.05) is 6.92 Å². The number of aromatic nitrogens is 1. The largest absolute Gasteiger partial charge is 0.475 e. The Morgan fingerprint density at radius 2 is 2.17 bits per heavy atom. The SMILES string of the molecule is Cc1ncsc1CNC(=O)c1ccc(C(=O)O)o1. The van der Waals surface area contributed by atoms with Crippen molar-refractivity contribution in [1.82, 2.24) is 10.3 Å². The van der Waals surface area contributed by atoms with E-state index in [1.54, 1.807) is 5.51 Å². The Bertz CT molecular complexity index is 587. The quantitative estimate of drug-likeness (QED) is 0.878. The van der Waals surface area contributed by atoms with E-state index in [0.717, 1.165) is 10.6 Å². The zero-order chi connectivity index (χ0) is 13.1. The molecule has 0 aliphatic carbocycles. The molecule has 2 N–H and O–H groups in total. The molecule has 0 atom stereocenters. The van der Waals surface area contributed by atoms with Gasteiger partial charge in [0.25, 0.3) is 5.91 Å². The van der Waals surface area contributed by atoms with Crippen LogP contribution in [0.25, 0.3) is 0 Å². The molecule has 2 rings (SSSR count). The number of carboxylic acids is 1. The lowest BCUT2D eigenvalue weighted by molar-refractivity contribution is 0.0659. The number of carbonyl (C=O) groups is 2. The van der Waals surface area contributed by atoms with Crippen molar-refractivity contribution in [2.45, 2.75) is 13.5 Å². The van der Waals surface area contributed by atoms with Crippen LogP contribution in [0.1, 0.15) is 31.7 Å². The number of rotatable bonds is 4. The predicted octanol–water partition coefficient (Wildman–Crippen LogP) is 1.67. The Kier molecular flexibility index (Phi) is 3.42. The highest BCUT2D eigenvalue weighted by atomic mass is 32.1. The summed E-state index contributed by atoms with van der Waals surface area (Å²) in [4.78, 5) is 27.3. The third-order valence-corrected chi connectivity index (χ3v) is 3.23. The molecular weight excluding hydrogens is 256 g/mol. The fraction of sp³-hybridized carbons (Fsp3) is 0.182. The second-order valence-electron chi connectivity index (χ2n) is 3.51. The molecular formula is C11H10N2O4S. The average Bonchev–Trinajstić information content (AvgIpc) is 2.94. The molecule has 0 unspecified atom stereocenters. The van der Waals surface area contributed by atoms with Crippen molar-refractivity contribution in [3.63, 3.8) is 0 Å². The zero-order valence-corrected chi connectivity index (χ0v) is 10.3. The molecule has 0 aromatic carbocycles. The molecule has 0 aliphatic rings. The van der Waals surface area contributed by atoms with Crippen LogP contribution in [0.4, 0.5) is 0 Å². The molecule has 6 nitrogen and oxygen atoms in total. The number of hydrogen-bond acceptors (Lipinski definition) is 5. The summed E-state index contributed by atoms with van der Waals surface area (Å²) >= 11 is 1.45. The maximum Gasteiger partial charge on any atom is 0.371 e. The maximum atomic E-state index is 11.7. The van der Waals surface area contributed by atoms with Gasteiger partial charge in [-0.1, -0.05) is 0 Å². The molecule has 0 saturated carbocycles. The Morgan fingerprint density at radius 1 is 1.44 bits per heavy atom. The number of carbonyl (C=O) groups excluding carboxylic acids is 1. The van der Waals surface area contributed by atoms with Gasteiger partial charge in [0.2, 0.25) is 5.76 Å². The molecule has 94 valence electrons. The first kappa shape index (κ1) is 12.3. The van der Waals surface area contributed by atoms with Crippen LogP contribution in [0.5, 0.6) is 0 Å². The smallest absolute Gasteiger partial charge is 0.371 e. The summed E-state index contributed by atoms with van der Waals surface area (Å²) < 4.78 is 4.88. The molecule has 2 aromatic rings. The van der Waals surface area contributed by atoms with E-state index in [0.29, 0.717) is 6.54 Å². The van der Waals surface area contributed by atoms with Gasteiger partial charge in [0, 0.05) is 4.88 Å². The van der Waals surface area contributed by atoms with E-state index in [9.17, 15) is 9.59 Å². The fourth-order valence-corrected chi connectivity index (χ4v) is 2.04. The van der Waals surface area contributed by atoms with Crippen LogP contribution in [0.15, 0.2) is 22.1 Å². The highest BCUT2D eigenvalue weighted by molar-refractivity contribution is 7.09. The second kappa shape index (κ2) is 5.01. The first-order chi connectivity index (χ1) is 8.58. The molecule has 18 heavy (non-hydrogen) atoms. The normalized spacial score (nSPS) is 10.3. The lowest BCUT2D eigenvalue weighted by Gasteiger charge is -2.01. The lowest BCUT2D eigenvalue weighted by atomic mass is 10.3. The number of furan rings is 1. The Balaban J connectivity index is 1.99. The van der Waals surface area contributed by atoms with Crippen LogP contribution in [-0.2, 0) is 6.54 Å². The number of nitrogens with zero attached hydrogens (tertiary/aromatic N) is 1. The van der Waals surface area contributed by atoms with Crippen molar-refractivity contribution in [1.29, 1.82) is 0 Å². The molecule has 1 amide bonds. The van der Waals surface area contributed by atoms with Crippen molar-refractivity contribution < 1.29 is 19.1 Å². The van der Waals surface area contributed by atoms with Gasteiger partial charge in [-0.25, -0.2) is 9.78 Å². The molecule has 7 heteroatoms. The highest BCUT2D eigenvalue weighted by Crippen LogP contribution is 2.12. The molecule has 2 aromatic heterocycles. The minimum Gasteiger partial charge on any atom is -0.475 e. The van der Waals surface area contributed by atoms with Crippen LogP contribution in [0.3, 0.4) is 0 Å². The highest BCUT2D eigenvalue weighted by Gasteiger charge is 2.15. The molecule has 0 saturated heterocycles. The van der Waals surface area contributed by atoms with Gasteiger partial charge < -0.3 is 14.8 Å². The van der Waals surface area contributed by atoms with Crippen LogP contribution in [0.2, 0.25) is 0 Å². The third-order valence-electron chi connectivity index (χ3n) is 2.29. The van der Waals surface area contributed by atoms with Gasteiger partial charge in [-0.05, 0) is 19.1 Å². The Morgan fingerprint density at radius 3 is 2.72 bits per heavy atom. The third kappa shape index (κ3) is 2.57. The predicted molar refractivity (Wildman–Crippen MR) is 63.7 cm³/mol. The summed E-state index contributed by atoms with van der Waals surface area (Å²) in [6, 6.07) is 2.58. The summed E-state index contributed by atoms with van der Waals surface area (Å²) in [7, 11) is 0. The Labute approximate surface area is 106 Å². The zero-order valence-electron chi connectivity index (χ0n) is 9.47. The van der Waals surface area contributed by atoms with Crippen molar-refractivity contribution >= 4 is 23.2 Å². The first-order valence-corrected chi connectivity index (χ1v) is 5.96. The average molecular weight is 266 g/mol.